The van der Waals surface area contributed by atoms with E-state index in [1.807, 2.05) is 0 Å². The lowest BCUT2D eigenvalue weighted by Crippen LogP contribution is -2.22. The Bertz CT molecular complexity index is 364. The summed E-state index contributed by atoms with van der Waals surface area (Å²) in [6.45, 7) is 0.676. The van der Waals surface area contributed by atoms with E-state index in [9.17, 15) is 8.78 Å². The Morgan fingerprint density at radius 3 is 2.73 bits per heavy atom. The summed E-state index contributed by atoms with van der Waals surface area (Å²) in [5.41, 5.74) is 5.25. The minimum atomic E-state index is -0.818. The molecule has 3 N–H and O–H groups in total. The largest absolute Gasteiger partial charge is 0.381 e. The highest BCUT2D eigenvalue weighted by atomic mass is 19.1. The predicted molar refractivity (Wildman–Crippen MR) is 54.4 cm³/mol. The van der Waals surface area contributed by atoms with Crippen LogP contribution >= 0.6 is 0 Å². The Morgan fingerprint density at radius 1 is 1.40 bits per heavy atom. The highest BCUT2D eigenvalue weighted by Gasteiger charge is 2.18. The summed E-state index contributed by atoms with van der Waals surface area (Å²) < 4.78 is 26.0. The molecule has 1 fully saturated rings. The molecule has 1 aromatic heterocycles. The molecule has 1 heterocycles. The molecule has 0 aliphatic heterocycles. The van der Waals surface area contributed by atoms with Gasteiger partial charge in [0, 0.05) is 12.6 Å². The van der Waals surface area contributed by atoms with E-state index in [-0.39, 0.29) is 11.6 Å². The van der Waals surface area contributed by atoms with Crippen molar-refractivity contribution in [1.29, 1.82) is 0 Å². The molecule has 1 aliphatic rings. The van der Waals surface area contributed by atoms with Gasteiger partial charge in [0.05, 0.1) is 0 Å². The first-order valence-corrected chi connectivity index (χ1v) is 5.02. The molecule has 0 spiro atoms. The Morgan fingerprint density at radius 2 is 2.13 bits per heavy atom. The molecule has 0 radical (unpaired) electrons. The number of nitrogen functional groups attached to an aromatic ring is 1. The molecular formula is C10H13F2N3. The molecule has 5 heteroatoms. The topological polar surface area (TPSA) is 50.9 Å². The van der Waals surface area contributed by atoms with Crippen LogP contribution < -0.4 is 11.1 Å². The molecule has 1 aliphatic carbocycles. The number of nitrogens with zero attached hydrogens (tertiary/aromatic N) is 1. The number of pyridine rings is 1. The fraction of sp³-hybridized carbons (Fsp3) is 0.500. The van der Waals surface area contributed by atoms with Crippen molar-refractivity contribution in [3.05, 3.63) is 17.7 Å². The van der Waals surface area contributed by atoms with E-state index >= 15 is 0 Å². The maximum Gasteiger partial charge on any atom is 0.168 e. The third-order valence-electron chi connectivity index (χ3n) is 2.74. The van der Waals surface area contributed by atoms with Crippen molar-refractivity contribution >= 4 is 11.6 Å². The van der Waals surface area contributed by atoms with Crippen LogP contribution in [0.15, 0.2) is 6.07 Å². The van der Waals surface area contributed by atoms with Crippen LogP contribution in [0.2, 0.25) is 0 Å². The second-order valence-electron chi connectivity index (χ2n) is 3.86. The molecule has 0 saturated heterocycles. The molecule has 0 amide bonds. The molecule has 15 heavy (non-hydrogen) atoms. The quantitative estimate of drug-likeness (QED) is 0.808. The van der Waals surface area contributed by atoms with Gasteiger partial charge in [-0.2, -0.15) is 0 Å². The SMILES string of the molecule is Nc1nc(NCC2CCC2)c(F)cc1F. The van der Waals surface area contributed by atoms with Crippen LogP contribution in [0.5, 0.6) is 0 Å². The zero-order valence-electron chi connectivity index (χ0n) is 8.26. The third kappa shape index (κ3) is 2.16. The van der Waals surface area contributed by atoms with Crippen molar-refractivity contribution < 1.29 is 8.78 Å². The van der Waals surface area contributed by atoms with Gasteiger partial charge in [0.1, 0.15) is 0 Å². The van der Waals surface area contributed by atoms with E-state index in [0.29, 0.717) is 12.5 Å². The maximum absolute atomic E-state index is 13.2. The number of anilines is 2. The minimum absolute atomic E-state index is 0.0424. The lowest BCUT2D eigenvalue weighted by molar-refractivity contribution is 0.333. The van der Waals surface area contributed by atoms with Crippen LogP contribution in [0.1, 0.15) is 19.3 Å². The average molecular weight is 213 g/mol. The number of hydrogen-bond acceptors (Lipinski definition) is 3. The van der Waals surface area contributed by atoms with Crippen molar-refractivity contribution in [2.24, 2.45) is 5.92 Å². The van der Waals surface area contributed by atoms with Crippen LogP contribution in [-0.2, 0) is 0 Å². The van der Waals surface area contributed by atoms with Gasteiger partial charge in [-0.1, -0.05) is 6.42 Å². The van der Waals surface area contributed by atoms with Gasteiger partial charge in [0.15, 0.2) is 23.3 Å². The second kappa shape index (κ2) is 4.00. The number of aromatic nitrogens is 1. The van der Waals surface area contributed by atoms with Crippen molar-refractivity contribution in [3.63, 3.8) is 0 Å². The Labute approximate surface area is 86.7 Å². The summed E-state index contributed by atoms with van der Waals surface area (Å²) in [5.74, 6) is -1.16. The van der Waals surface area contributed by atoms with E-state index < -0.39 is 11.6 Å². The summed E-state index contributed by atoms with van der Waals surface area (Å²) in [6.07, 6.45) is 3.55. The zero-order chi connectivity index (χ0) is 10.8. The molecule has 82 valence electrons. The molecule has 0 unspecified atom stereocenters. The first kappa shape index (κ1) is 10.1. The van der Waals surface area contributed by atoms with Gasteiger partial charge >= 0.3 is 0 Å². The lowest BCUT2D eigenvalue weighted by atomic mass is 9.85. The van der Waals surface area contributed by atoms with Gasteiger partial charge in [0.2, 0.25) is 0 Å². The molecule has 1 aromatic rings. The number of rotatable bonds is 3. The Kier molecular flexibility index (Phi) is 2.70. The molecule has 3 nitrogen and oxygen atoms in total. The van der Waals surface area contributed by atoms with E-state index in [2.05, 4.69) is 10.3 Å². The highest BCUT2D eigenvalue weighted by molar-refractivity contribution is 5.44. The number of nitrogens with one attached hydrogen (secondary N) is 1. The standard InChI is InChI=1S/C10H13F2N3/c11-7-4-8(12)10(15-9(7)13)14-5-6-2-1-3-6/h4,6H,1-3,5H2,(H3,13,14,15). The first-order chi connectivity index (χ1) is 7.16. The molecule has 0 aromatic carbocycles. The fourth-order valence-electron chi connectivity index (χ4n) is 1.54. The number of halogens is 2. The molecule has 1 saturated carbocycles. The third-order valence-corrected chi connectivity index (χ3v) is 2.74. The second-order valence-corrected chi connectivity index (χ2v) is 3.86. The normalized spacial score (nSPS) is 16.1. The van der Waals surface area contributed by atoms with Crippen molar-refractivity contribution in [2.45, 2.75) is 19.3 Å². The molecular weight excluding hydrogens is 200 g/mol. The lowest BCUT2D eigenvalue weighted by Gasteiger charge is -2.25. The summed E-state index contributed by atoms with van der Waals surface area (Å²) in [7, 11) is 0. The monoisotopic (exact) mass is 213 g/mol. The highest BCUT2D eigenvalue weighted by Crippen LogP contribution is 2.26. The summed E-state index contributed by atoms with van der Waals surface area (Å²) in [5, 5.41) is 2.85. The Hall–Kier alpha value is -1.39. The van der Waals surface area contributed by atoms with Crippen LogP contribution in [0.25, 0.3) is 0 Å². The fourth-order valence-corrected chi connectivity index (χ4v) is 1.54. The smallest absolute Gasteiger partial charge is 0.168 e. The molecule has 2 rings (SSSR count). The Balaban J connectivity index is 2.03. The van der Waals surface area contributed by atoms with Gasteiger partial charge in [0.25, 0.3) is 0 Å². The maximum atomic E-state index is 13.2. The van der Waals surface area contributed by atoms with E-state index in [0.717, 1.165) is 18.9 Å². The van der Waals surface area contributed by atoms with Gasteiger partial charge in [-0.05, 0) is 18.8 Å². The van der Waals surface area contributed by atoms with Crippen LogP contribution in [0.4, 0.5) is 20.4 Å². The first-order valence-electron chi connectivity index (χ1n) is 5.02. The summed E-state index contributed by atoms with van der Waals surface area (Å²) in [6, 6.07) is 0.755. The van der Waals surface area contributed by atoms with E-state index in [1.54, 1.807) is 0 Å². The molecule has 0 bridgehead atoms. The number of hydrogen-bond donors (Lipinski definition) is 2. The van der Waals surface area contributed by atoms with Crippen molar-refractivity contribution in [3.8, 4) is 0 Å². The average Bonchev–Trinajstić information content (AvgIpc) is 2.11. The predicted octanol–water partition coefficient (Wildman–Crippen LogP) is 2.15. The van der Waals surface area contributed by atoms with Crippen LogP contribution in [0.3, 0.4) is 0 Å². The van der Waals surface area contributed by atoms with Gasteiger partial charge in [-0.15, -0.1) is 0 Å². The van der Waals surface area contributed by atoms with E-state index in [4.69, 9.17) is 5.73 Å². The zero-order valence-corrected chi connectivity index (χ0v) is 8.26. The van der Waals surface area contributed by atoms with E-state index in [1.165, 1.54) is 6.42 Å². The van der Waals surface area contributed by atoms with Gasteiger partial charge in [-0.3, -0.25) is 0 Å². The van der Waals surface area contributed by atoms with Crippen LogP contribution in [-0.4, -0.2) is 11.5 Å². The van der Waals surface area contributed by atoms with Gasteiger partial charge < -0.3 is 11.1 Å². The van der Waals surface area contributed by atoms with Gasteiger partial charge in [-0.25, -0.2) is 13.8 Å². The minimum Gasteiger partial charge on any atom is -0.381 e. The van der Waals surface area contributed by atoms with Crippen molar-refractivity contribution in [2.75, 3.05) is 17.6 Å². The van der Waals surface area contributed by atoms with Crippen LogP contribution in [0, 0.1) is 17.6 Å². The van der Waals surface area contributed by atoms with Crippen molar-refractivity contribution in [1.82, 2.24) is 4.98 Å². The number of nitrogens with two attached hydrogens (primary N) is 1. The summed E-state index contributed by atoms with van der Waals surface area (Å²) in [4.78, 5) is 3.62. The molecule has 0 atom stereocenters. The summed E-state index contributed by atoms with van der Waals surface area (Å²) >= 11 is 0.